The highest BCUT2D eigenvalue weighted by Crippen LogP contribution is 2.39. The molecule has 1 aromatic heterocycles. The molecule has 2 rings (SSSR count). The van der Waals surface area contributed by atoms with Crippen LogP contribution in [0.5, 0.6) is 0 Å². The third kappa shape index (κ3) is 1.42. The minimum absolute atomic E-state index is 0.331. The van der Waals surface area contributed by atoms with E-state index in [1.54, 1.807) is 10.7 Å². The van der Waals surface area contributed by atoms with Crippen molar-refractivity contribution in [3.63, 3.8) is 0 Å². The average molecular weight is 180 g/mol. The van der Waals surface area contributed by atoms with E-state index in [0.717, 1.165) is 5.69 Å². The maximum atomic E-state index is 11.1. The van der Waals surface area contributed by atoms with Crippen molar-refractivity contribution in [3.05, 3.63) is 17.5 Å². The van der Waals surface area contributed by atoms with Crippen molar-refractivity contribution >= 4 is 5.91 Å². The van der Waals surface area contributed by atoms with Gasteiger partial charge in [0.2, 0.25) is 0 Å². The first-order chi connectivity index (χ1) is 6.22. The first kappa shape index (κ1) is 8.25. The van der Waals surface area contributed by atoms with Crippen LogP contribution in [0.25, 0.3) is 0 Å². The fourth-order valence-electron chi connectivity index (χ4n) is 1.43. The van der Waals surface area contributed by atoms with Gasteiger partial charge in [-0.25, -0.2) is 5.84 Å². The summed E-state index contributed by atoms with van der Waals surface area (Å²) in [7, 11) is 1.85. The number of hydrogen-bond acceptors (Lipinski definition) is 3. The van der Waals surface area contributed by atoms with E-state index in [4.69, 9.17) is 5.84 Å². The molecular weight excluding hydrogens is 168 g/mol. The second-order valence-electron chi connectivity index (χ2n) is 3.33. The number of carbonyl (C=O) groups is 1. The van der Waals surface area contributed by atoms with Crippen LogP contribution in [0.1, 0.15) is 34.9 Å². The van der Waals surface area contributed by atoms with E-state index >= 15 is 0 Å². The van der Waals surface area contributed by atoms with Gasteiger partial charge in [0, 0.05) is 18.7 Å². The molecule has 1 heterocycles. The van der Waals surface area contributed by atoms with Crippen molar-refractivity contribution in [2.75, 3.05) is 0 Å². The number of aromatic nitrogens is 2. The van der Waals surface area contributed by atoms with Gasteiger partial charge in [0.05, 0.1) is 0 Å². The quantitative estimate of drug-likeness (QED) is 0.379. The molecule has 0 bridgehead atoms. The Kier molecular flexibility index (Phi) is 1.81. The molecule has 1 aromatic rings. The minimum Gasteiger partial charge on any atom is -0.289 e. The number of nitrogen functional groups attached to an aromatic ring is 1. The van der Waals surface area contributed by atoms with Gasteiger partial charge in [0.25, 0.3) is 5.91 Å². The highest BCUT2D eigenvalue weighted by atomic mass is 16.2. The Hall–Kier alpha value is -1.36. The van der Waals surface area contributed by atoms with Crippen molar-refractivity contribution in [1.82, 2.24) is 15.2 Å². The van der Waals surface area contributed by atoms with E-state index < -0.39 is 0 Å². The Morgan fingerprint density at radius 1 is 1.77 bits per heavy atom. The van der Waals surface area contributed by atoms with Gasteiger partial charge in [-0.15, -0.1) is 0 Å². The molecule has 0 radical (unpaired) electrons. The summed E-state index contributed by atoms with van der Waals surface area (Å²) >= 11 is 0. The zero-order chi connectivity index (χ0) is 9.42. The third-order valence-corrected chi connectivity index (χ3v) is 2.28. The lowest BCUT2D eigenvalue weighted by atomic mass is 10.2. The second kappa shape index (κ2) is 2.85. The van der Waals surface area contributed by atoms with Crippen molar-refractivity contribution in [2.24, 2.45) is 12.9 Å². The van der Waals surface area contributed by atoms with Gasteiger partial charge in [0.1, 0.15) is 0 Å². The molecule has 5 heteroatoms. The molecule has 1 fully saturated rings. The number of aryl methyl sites for hydroxylation is 1. The van der Waals surface area contributed by atoms with Crippen LogP contribution in [-0.2, 0) is 7.05 Å². The Labute approximate surface area is 75.9 Å². The number of rotatable bonds is 2. The monoisotopic (exact) mass is 180 g/mol. The molecule has 3 N–H and O–H groups in total. The molecular formula is C8H12N4O. The van der Waals surface area contributed by atoms with Crippen molar-refractivity contribution in [2.45, 2.75) is 18.8 Å². The number of hydrogen-bond donors (Lipinski definition) is 2. The molecule has 0 unspecified atom stereocenters. The normalized spacial score (nSPS) is 15.8. The molecule has 1 aliphatic rings. The first-order valence-corrected chi connectivity index (χ1v) is 4.27. The first-order valence-electron chi connectivity index (χ1n) is 4.27. The predicted molar refractivity (Wildman–Crippen MR) is 46.8 cm³/mol. The minimum atomic E-state index is -0.331. The Bertz CT molecular complexity index is 340. The molecule has 1 aliphatic carbocycles. The topological polar surface area (TPSA) is 72.9 Å². The molecule has 70 valence electrons. The zero-order valence-electron chi connectivity index (χ0n) is 7.45. The fraction of sp³-hybridized carbons (Fsp3) is 0.500. The average Bonchev–Trinajstić information content (AvgIpc) is 2.89. The van der Waals surface area contributed by atoms with Crippen LogP contribution in [0.3, 0.4) is 0 Å². The standard InChI is InChI=1S/C8H12N4O/c1-12-7(5-2-3-5)4-6(11-12)8(13)10-9/h4-5H,2-3,9H2,1H3,(H,10,13). The predicted octanol–water partition coefficient (Wildman–Crippen LogP) is -0.0990. The number of nitrogens with one attached hydrogen (secondary N) is 1. The maximum Gasteiger partial charge on any atom is 0.285 e. The molecule has 0 saturated heterocycles. The van der Waals surface area contributed by atoms with E-state index in [1.165, 1.54) is 12.8 Å². The number of nitrogens with two attached hydrogens (primary N) is 1. The van der Waals surface area contributed by atoms with Crippen LogP contribution < -0.4 is 11.3 Å². The Balaban J connectivity index is 2.28. The number of carbonyl (C=O) groups excluding carboxylic acids is 1. The lowest BCUT2D eigenvalue weighted by Crippen LogP contribution is -2.30. The molecule has 0 aliphatic heterocycles. The van der Waals surface area contributed by atoms with Crippen molar-refractivity contribution < 1.29 is 4.79 Å². The summed E-state index contributed by atoms with van der Waals surface area (Å²) in [6, 6.07) is 1.81. The van der Waals surface area contributed by atoms with Crippen LogP contribution in [0.15, 0.2) is 6.07 Å². The highest BCUT2D eigenvalue weighted by Gasteiger charge is 2.28. The van der Waals surface area contributed by atoms with Gasteiger partial charge in [-0.05, 0) is 18.9 Å². The fourth-order valence-corrected chi connectivity index (χ4v) is 1.43. The van der Waals surface area contributed by atoms with Crippen LogP contribution in [0.4, 0.5) is 0 Å². The van der Waals surface area contributed by atoms with Gasteiger partial charge in [-0.2, -0.15) is 5.10 Å². The summed E-state index contributed by atoms with van der Waals surface area (Å²) in [4.78, 5) is 11.1. The molecule has 13 heavy (non-hydrogen) atoms. The van der Waals surface area contributed by atoms with Gasteiger partial charge >= 0.3 is 0 Å². The summed E-state index contributed by atoms with van der Waals surface area (Å²) in [5, 5.41) is 4.07. The van der Waals surface area contributed by atoms with Crippen molar-refractivity contribution in [3.8, 4) is 0 Å². The van der Waals surface area contributed by atoms with Gasteiger partial charge in [0.15, 0.2) is 5.69 Å². The summed E-state index contributed by atoms with van der Waals surface area (Å²) in [6.07, 6.45) is 2.40. The van der Waals surface area contributed by atoms with E-state index in [1.807, 2.05) is 7.05 Å². The van der Waals surface area contributed by atoms with Crippen LogP contribution >= 0.6 is 0 Å². The summed E-state index contributed by atoms with van der Waals surface area (Å²) in [5.41, 5.74) is 3.59. The third-order valence-electron chi connectivity index (χ3n) is 2.28. The lowest BCUT2D eigenvalue weighted by molar-refractivity contribution is 0.0948. The summed E-state index contributed by atoms with van der Waals surface area (Å²) in [6.45, 7) is 0. The molecule has 0 atom stereocenters. The van der Waals surface area contributed by atoms with E-state index in [0.29, 0.717) is 11.6 Å². The summed E-state index contributed by atoms with van der Waals surface area (Å²) in [5.74, 6) is 5.27. The molecule has 1 saturated carbocycles. The van der Waals surface area contributed by atoms with Gasteiger partial charge in [-0.3, -0.25) is 14.9 Å². The highest BCUT2D eigenvalue weighted by molar-refractivity contribution is 5.91. The molecule has 5 nitrogen and oxygen atoms in total. The van der Waals surface area contributed by atoms with Crippen LogP contribution in [0.2, 0.25) is 0 Å². The van der Waals surface area contributed by atoms with Gasteiger partial charge in [-0.1, -0.05) is 0 Å². The maximum absolute atomic E-state index is 11.1. The Morgan fingerprint density at radius 2 is 2.46 bits per heavy atom. The molecule has 1 amide bonds. The van der Waals surface area contributed by atoms with Crippen molar-refractivity contribution in [1.29, 1.82) is 0 Å². The van der Waals surface area contributed by atoms with E-state index in [2.05, 4.69) is 10.5 Å². The Morgan fingerprint density at radius 3 is 3.00 bits per heavy atom. The van der Waals surface area contributed by atoms with Gasteiger partial charge < -0.3 is 0 Å². The molecule has 0 aromatic carbocycles. The SMILES string of the molecule is Cn1nc(C(=O)NN)cc1C1CC1. The number of amides is 1. The zero-order valence-corrected chi connectivity index (χ0v) is 7.45. The number of nitrogens with zero attached hydrogens (tertiary/aromatic N) is 2. The largest absolute Gasteiger partial charge is 0.289 e. The summed E-state index contributed by atoms with van der Waals surface area (Å²) < 4.78 is 1.75. The molecule has 0 spiro atoms. The second-order valence-corrected chi connectivity index (χ2v) is 3.33. The van der Waals surface area contributed by atoms with E-state index in [-0.39, 0.29) is 5.91 Å². The van der Waals surface area contributed by atoms with Crippen LogP contribution in [0, 0.1) is 0 Å². The smallest absolute Gasteiger partial charge is 0.285 e. The van der Waals surface area contributed by atoms with E-state index in [9.17, 15) is 4.79 Å². The van der Waals surface area contributed by atoms with Crippen LogP contribution in [-0.4, -0.2) is 15.7 Å². The number of hydrazine groups is 1. The lowest BCUT2D eigenvalue weighted by Gasteiger charge is -1.94.